The molecule has 1 heterocycles. The van der Waals surface area contributed by atoms with E-state index in [-0.39, 0.29) is 6.04 Å². The molecule has 1 aromatic rings. The van der Waals surface area contributed by atoms with Crippen molar-refractivity contribution in [2.75, 3.05) is 32.8 Å². The standard InChI is InChI=1S/C14H20F2N2O/c15-12-8-11(9-13(16)10-12)14(17)2-4-18-3-1-6-19-7-5-18/h8-10,14H,1-7,17H2. The van der Waals surface area contributed by atoms with E-state index in [4.69, 9.17) is 10.5 Å². The highest BCUT2D eigenvalue weighted by Gasteiger charge is 2.13. The Balaban J connectivity index is 1.87. The van der Waals surface area contributed by atoms with Gasteiger partial charge >= 0.3 is 0 Å². The summed E-state index contributed by atoms with van der Waals surface area (Å²) < 4.78 is 31.6. The first-order valence-electron chi connectivity index (χ1n) is 6.67. The molecule has 0 spiro atoms. The molecule has 1 saturated heterocycles. The predicted octanol–water partition coefficient (Wildman–Crippen LogP) is 2.08. The van der Waals surface area contributed by atoms with Gasteiger partial charge in [-0.05, 0) is 30.5 Å². The van der Waals surface area contributed by atoms with Crippen LogP contribution in [0, 0.1) is 11.6 Å². The monoisotopic (exact) mass is 270 g/mol. The van der Waals surface area contributed by atoms with Crippen LogP contribution in [0.1, 0.15) is 24.4 Å². The number of benzene rings is 1. The molecule has 106 valence electrons. The van der Waals surface area contributed by atoms with Gasteiger partial charge in [-0.3, -0.25) is 0 Å². The van der Waals surface area contributed by atoms with Crippen LogP contribution >= 0.6 is 0 Å². The number of nitrogens with two attached hydrogens (primary N) is 1. The van der Waals surface area contributed by atoms with E-state index in [0.717, 1.165) is 45.3 Å². The molecular weight excluding hydrogens is 250 g/mol. The third kappa shape index (κ3) is 4.53. The van der Waals surface area contributed by atoms with Crippen LogP contribution in [-0.2, 0) is 4.74 Å². The van der Waals surface area contributed by atoms with E-state index in [1.807, 2.05) is 0 Å². The van der Waals surface area contributed by atoms with E-state index >= 15 is 0 Å². The van der Waals surface area contributed by atoms with E-state index in [2.05, 4.69) is 4.90 Å². The maximum Gasteiger partial charge on any atom is 0.126 e. The van der Waals surface area contributed by atoms with Crippen molar-refractivity contribution in [3.63, 3.8) is 0 Å². The molecule has 2 rings (SSSR count). The predicted molar refractivity (Wildman–Crippen MR) is 69.8 cm³/mol. The average Bonchev–Trinajstić information content (AvgIpc) is 2.63. The molecule has 0 amide bonds. The Morgan fingerprint density at radius 2 is 1.89 bits per heavy atom. The lowest BCUT2D eigenvalue weighted by molar-refractivity contribution is 0.141. The van der Waals surface area contributed by atoms with Gasteiger partial charge in [-0.25, -0.2) is 8.78 Å². The number of hydrogen-bond donors (Lipinski definition) is 1. The molecule has 1 aliphatic heterocycles. The quantitative estimate of drug-likeness (QED) is 0.910. The van der Waals surface area contributed by atoms with Gasteiger partial charge in [-0.2, -0.15) is 0 Å². The van der Waals surface area contributed by atoms with Gasteiger partial charge in [0.25, 0.3) is 0 Å². The summed E-state index contributed by atoms with van der Waals surface area (Å²) >= 11 is 0. The SMILES string of the molecule is NC(CCN1CCCOCC1)c1cc(F)cc(F)c1. The molecule has 1 fully saturated rings. The number of halogens is 2. The first-order chi connectivity index (χ1) is 9.15. The molecule has 0 aromatic heterocycles. The Bertz CT molecular complexity index is 386. The van der Waals surface area contributed by atoms with E-state index in [1.54, 1.807) is 0 Å². The van der Waals surface area contributed by atoms with E-state index < -0.39 is 11.6 Å². The lowest BCUT2D eigenvalue weighted by atomic mass is 10.0. The summed E-state index contributed by atoms with van der Waals surface area (Å²) in [5.41, 5.74) is 6.51. The molecule has 0 radical (unpaired) electrons. The minimum absolute atomic E-state index is 0.339. The van der Waals surface area contributed by atoms with Crippen LogP contribution < -0.4 is 5.73 Å². The van der Waals surface area contributed by atoms with Gasteiger partial charge in [0.05, 0.1) is 6.61 Å². The summed E-state index contributed by atoms with van der Waals surface area (Å²) in [6.45, 7) is 4.25. The molecule has 2 N–H and O–H groups in total. The smallest absolute Gasteiger partial charge is 0.126 e. The van der Waals surface area contributed by atoms with Gasteiger partial charge in [-0.1, -0.05) is 0 Å². The van der Waals surface area contributed by atoms with Gasteiger partial charge in [0.2, 0.25) is 0 Å². The van der Waals surface area contributed by atoms with Crippen molar-refractivity contribution >= 4 is 0 Å². The van der Waals surface area contributed by atoms with Crippen LogP contribution in [0.15, 0.2) is 18.2 Å². The molecule has 1 unspecified atom stereocenters. The number of hydrogen-bond acceptors (Lipinski definition) is 3. The largest absolute Gasteiger partial charge is 0.380 e. The Morgan fingerprint density at radius 3 is 2.63 bits per heavy atom. The fourth-order valence-electron chi connectivity index (χ4n) is 2.30. The average molecular weight is 270 g/mol. The molecule has 19 heavy (non-hydrogen) atoms. The van der Waals surface area contributed by atoms with Crippen molar-refractivity contribution < 1.29 is 13.5 Å². The van der Waals surface area contributed by atoms with Gasteiger partial charge < -0.3 is 15.4 Å². The van der Waals surface area contributed by atoms with Gasteiger partial charge in [0.15, 0.2) is 0 Å². The molecule has 1 aliphatic rings. The Labute approximate surface area is 112 Å². The highest BCUT2D eigenvalue weighted by Crippen LogP contribution is 2.17. The van der Waals surface area contributed by atoms with Crippen LogP contribution in [-0.4, -0.2) is 37.7 Å². The van der Waals surface area contributed by atoms with Crippen LogP contribution in [0.5, 0.6) is 0 Å². The third-order valence-corrected chi connectivity index (χ3v) is 3.38. The van der Waals surface area contributed by atoms with Crippen LogP contribution in [0.4, 0.5) is 8.78 Å². The highest BCUT2D eigenvalue weighted by atomic mass is 19.1. The fraction of sp³-hybridized carbons (Fsp3) is 0.571. The zero-order valence-electron chi connectivity index (χ0n) is 10.9. The van der Waals surface area contributed by atoms with Crippen LogP contribution in [0.25, 0.3) is 0 Å². The van der Waals surface area contributed by atoms with E-state index in [9.17, 15) is 8.78 Å². The Kier molecular flexibility index (Phi) is 5.24. The fourth-order valence-corrected chi connectivity index (χ4v) is 2.30. The molecule has 5 heteroatoms. The molecular formula is C14H20F2N2O. The third-order valence-electron chi connectivity index (χ3n) is 3.38. The zero-order valence-corrected chi connectivity index (χ0v) is 10.9. The van der Waals surface area contributed by atoms with Gasteiger partial charge in [0.1, 0.15) is 11.6 Å². The van der Waals surface area contributed by atoms with Gasteiger partial charge in [0, 0.05) is 38.3 Å². The maximum atomic E-state index is 13.1. The van der Waals surface area contributed by atoms with Crippen molar-refractivity contribution in [2.45, 2.75) is 18.9 Å². The van der Waals surface area contributed by atoms with Crippen molar-refractivity contribution in [2.24, 2.45) is 5.73 Å². The minimum Gasteiger partial charge on any atom is -0.380 e. The summed E-state index contributed by atoms with van der Waals surface area (Å²) in [6.07, 6.45) is 1.70. The molecule has 0 bridgehead atoms. The second kappa shape index (κ2) is 6.93. The highest BCUT2D eigenvalue weighted by molar-refractivity contribution is 5.21. The Hall–Kier alpha value is -1.04. The van der Waals surface area contributed by atoms with Gasteiger partial charge in [-0.15, -0.1) is 0 Å². The lowest BCUT2D eigenvalue weighted by Gasteiger charge is -2.21. The summed E-state index contributed by atoms with van der Waals surface area (Å²) in [5, 5.41) is 0. The zero-order chi connectivity index (χ0) is 13.7. The van der Waals surface area contributed by atoms with Crippen molar-refractivity contribution in [3.8, 4) is 0 Å². The van der Waals surface area contributed by atoms with Crippen molar-refractivity contribution in [1.29, 1.82) is 0 Å². The summed E-state index contributed by atoms with van der Waals surface area (Å²) in [7, 11) is 0. The first-order valence-corrected chi connectivity index (χ1v) is 6.67. The number of nitrogens with zero attached hydrogens (tertiary/aromatic N) is 1. The first kappa shape index (κ1) is 14.4. The topological polar surface area (TPSA) is 38.5 Å². The maximum absolute atomic E-state index is 13.1. The molecule has 1 aromatic carbocycles. The molecule has 3 nitrogen and oxygen atoms in total. The second-order valence-electron chi connectivity index (χ2n) is 4.91. The summed E-state index contributed by atoms with van der Waals surface area (Å²) in [5.74, 6) is -1.15. The Morgan fingerprint density at radius 1 is 1.16 bits per heavy atom. The van der Waals surface area contributed by atoms with E-state index in [1.165, 1.54) is 12.1 Å². The normalized spacial score (nSPS) is 19.1. The lowest BCUT2D eigenvalue weighted by Crippen LogP contribution is -2.29. The summed E-state index contributed by atoms with van der Waals surface area (Å²) in [6, 6.07) is 3.13. The molecule has 0 saturated carbocycles. The summed E-state index contributed by atoms with van der Waals surface area (Å²) in [4.78, 5) is 2.28. The number of ether oxygens (including phenoxy) is 1. The minimum atomic E-state index is -0.575. The van der Waals surface area contributed by atoms with E-state index in [0.29, 0.717) is 12.0 Å². The van der Waals surface area contributed by atoms with Crippen molar-refractivity contribution in [1.82, 2.24) is 4.90 Å². The number of rotatable bonds is 4. The molecule has 1 atom stereocenters. The van der Waals surface area contributed by atoms with Crippen molar-refractivity contribution in [3.05, 3.63) is 35.4 Å². The second-order valence-corrected chi connectivity index (χ2v) is 4.91. The molecule has 0 aliphatic carbocycles. The van der Waals surface area contributed by atoms with Crippen LogP contribution in [0.2, 0.25) is 0 Å². The van der Waals surface area contributed by atoms with Crippen LogP contribution in [0.3, 0.4) is 0 Å².